The lowest BCUT2D eigenvalue weighted by atomic mass is 10.4. The third kappa shape index (κ3) is 1.87. The van der Waals surface area contributed by atoms with E-state index in [9.17, 15) is 8.42 Å². The zero-order valence-corrected chi connectivity index (χ0v) is 9.46. The predicted molar refractivity (Wildman–Crippen MR) is 53.8 cm³/mol. The van der Waals surface area contributed by atoms with E-state index in [1.807, 2.05) is 0 Å². The first kappa shape index (κ1) is 11.0. The molecule has 0 spiro atoms. The number of rotatable bonds is 3. The molecule has 0 aliphatic heterocycles. The summed E-state index contributed by atoms with van der Waals surface area (Å²) in [5.41, 5.74) is 0. The van der Waals surface area contributed by atoms with Crippen molar-refractivity contribution in [2.75, 3.05) is 18.6 Å². The first-order valence-electron chi connectivity index (χ1n) is 4.13. The Labute approximate surface area is 83.3 Å². The van der Waals surface area contributed by atoms with Gasteiger partial charge in [0.25, 0.3) is 0 Å². The maximum atomic E-state index is 11.3. The minimum atomic E-state index is -3.12. The molecule has 0 amide bonds. The topological polar surface area (TPSA) is 76.9 Å². The number of hydrogen-bond donors (Lipinski definition) is 1. The minimum Gasteiger partial charge on any atom is -0.357 e. The van der Waals surface area contributed by atoms with E-state index in [1.165, 1.54) is 6.26 Å². The number of anilines is 1. The molecule has 1 heterocycles. The van der Waals surface area contributed by atoms with Crippen LogP contribution in [-0.2, 0) is 16.9 Å². The number of aromatic nitrogens is 3. The fraction of sp³-hybridized carbons (Fsp3) is 0.714. The quantitative estimate of drug-likeness (QED) is 0.770. The molecule has 1 aromatic heterocycles. The van der Waals surface area contributed by atoms with Crippen LogP contribution in [0.5, 0.6) is 0 Å². The molecule has 80 valence electrons. The molecule has 1 aromatic rings. The van der Waals surface area contributed by atoms with Gasteiger partial charge in [-0.15, -0.1) is 10.2 Å². The van der Waals surface area contributed by atoms with Crippen LogP contribution >= 0.6 is 0 Å². The van der Waals surface area contributed by atoms with E-state index < -0.39 is 15.1 Å². The van der Waals surface area contributed by atoms with Crippen LogP contribution in [0.1, 0.15) is 18.0 Å². The van der Waals surface area contributed by atoms with Gasteiger partial charge < -0.3 is 5.32 Å². The molecular formula is C7H14N4O2S. The van der Waals surface area contributed by atoms with E-state index in [2.05, 4.69) is 15.5 Å². The van der Waals surface area contributed by atoms with Crippen LogP contribution in [0.15, 0.2) is 0 Å². The molecule has 0 radical (unpaired) electrons. The molecule has 6 nitrogen and oxygen atoms in total. The van der Waals surface area contributed by atoms with Crippen molar-refractivity contribution in [3.05, 3.63) is 5.82 Å². The molecule has 14 heavy (non-hydrogen) atoms. The first-order chi connectivity index (χ1) is 6.38. The molecule has 0 aromatic carbocycles. The van der Waals surface area contributed by atoms with Gasteiger partial charge in [-0.2, -0.15) is 0 Å². The normalized spacial score (nSPS) is 14.0. The van der Waals surface area contributed by atoms with Gasteiger partial charge in [0.1, 0.15) is 5.25 Å². The number of hydrogen-bond acceptors (Lipinski definition) is 5. The van der Waals surface area contributed by atoms with Gasteiger partial charge in [-0.3, -0.25) is 4.57 Å². The molecule has 1 N–H and O–H groups in total. The summed E-state index contributed by atoms with van der Waals surface area (Å²) in [6.07, 6.45) is 1.19. The van der Waals surface area contributed by atoms with Gasteiger partial charge in [0.05, 0.1) is 0 Å². The Morgan fingerprint density at radius 3 is 2.36 bits per heavy atom. The molecule has 1 unspecified atom stereocenters. The summed E-state index contributed by atoms with van der Waals surface area (Å²) in [6.45, 7) is 1.60. The Kier molecular flexibility index (Phi) is 2.79. The summed E-state index contributed by atoms with van der Waals surface area (Å²) in [4.78, 5) is 0. The van der Waals surface area contributed by atoms with E-state index in [-0.39, 0.29) is 0 Å². The Bertz CT molecular complexity index is 423. The lowest BCUT2D eigenvalue weighted by Gasteiger charge is -2.08. The van der Waals surface area contributed by atoms with E-state index in [1.54, 1.807) is 25.6 Å². The fourth-order valence-corrected chi connectivity index (χ4v) is 1.69. The summed E-state index contributed by atoms with van der Waals surface area (Å²) in [5.74, 6) is 0.993. The Balaban J connectivity index is 3.15. The third-order valence-electron chi connectivity index (χ3n) is 2.14. The number of nitrogens with zero attached hydrogens (tertiary/aromatic N) is 3. The van der Waals surface area contributed by atoms with Crippen molar-refractivity contribution in [2.45, 2.75) is 12.2 Å². The molecule has 1 rings (SSSR count). The Morgan fingerprint density at radius 2 is 2.00 bits per heavy atom. The summed E-state index contributed by atoms with van der Waals surface area (Å²) in [5, 5.41) is 9.81. The van der Waals surface area contributed by atoms with Crippen molar-refractivity contribution in [2.24, 2.45) is 7.05 Å². The van der Waals surface area contributed by atoms with E-state index in [0.29, 0.717) is 11.8 Å². The monoisotopic (exact) mass is 218 g/mol. The minimum absolute atomic E-state index is 0.442. The zero-order chi connectivity index (χ0) is 10.9. The van der Waals surface area contributed by atoms with Gasteiger partial charge in [-0.25, -0.2) is 8.42 Å². The average Bonchev–Trinajstić information content (AvgIpc) is 2.43. The third-order valence-corrected chi connectivity index (χ3v) is 3.63. The molecule has 0 bridgehead atoms. The Morgan fingerprint density at radius 1 is 1.43 bits per heavy atom. The van der Waals surface area contributed by atoms with E-state index >= 15 is 0 Å². The first-order valence-corrected chi connectivity index (χ1v) is 6.09. The molecule has 0 saturated carbocycles. The highest BCUT2D eigenvalue weighted by Crippen LogP contribution is 2.19. The van der Waals surface area contributed by atoms with Crippen LogP contribution in [0.4, 0.5) is 5.95 Å². The van der Waals surface area contributed by atoms with Gasteiger partial charge in [0.15, 0.2) is 15.7 Å². The van der Waals surface area contributed by atoms with E-state index in [4.69, 9.17) is 0 Å². The van der Waals surface area contributed by atoms with E-state index in [0.717, 1.165) is 0 Å². The number of nitrogens with one attached hydrogen (secondary N) is 1. The summed E-state index contributed by atoms with van der Waals surface area (Å²) < 4.78 is 24.2. The zero-order valence-electron chi connectivity index (χ0n) is 8.64. The van der Waals surface area contributed by atoms with Gasteiger partial charge in [0, 0.05) is 20.4 Å². The van der Waals surface area contributed by atoms with Crippen LogP contribution < -0.4 is 5.32 Å². The van der Waals surface area contributed by atoms with Crippen molar-refractivity contribution in [1.82, 2.24) is 14.8 Å². The van der Waals surface area contributed by atoms with Crippen molar-refractivity contribution < 1.29 is 8.42 Å². The number of sulfone groups is 1. The lowest BCUT2D eigenvalue weighted by Crippen LogP contribution is -2.13. The second kappa shape index (κ2) is 3.56. The largest absolute Gasteiger partial charge is 0.357 e. The highest BCUT2D eigenvalue weighted by atomic mass is 32.2. The summed E-state index contributed by atoms with van der Waals surface area (Å²) in [6, 6.07) is 0. The Hall–Kier alpha value is -1.11. The van der Waals surface area contributed by atoms with Gasteiger partial charge in [-0.05, 0) is 6.92 Å². The maximum absolute atomic E-state index is 11.3. The van der Waals surface area contributed by atoms with Crippen molar-refractivity contribution in [3.8, 4) is 0 Å². The van der Waals surface area contributed by atoms with Crippen molar-refractivity contribution >= 4 is 15.8 Å². The average molecular weight is 218 g/mol. The predicted octanol–water partition coefficient (Wildman–Crippen LogP) is -0.0376. The van der Waals surface area contributed by atoms with Crippen molar-refractivity contribution in [1.29, 1.82) is 0 Å². The molecule has 0 aliphatic rings. The second-order valence-corrected chi connectivity index (χ2v) is 5.53. The van der Waals surface area contributed by atoms with Gasteiger partial charge in [0.2, 0.25) is 5.95 Å². The maximum Gasteiger partial charge on any atom is 0.224 e. The highest BCUT2D eigenvalue weighted by molar-refractivity contribution is 7.90. The summed E-state index contributed by atoms with van der Waals surface area (Å²) in [7, 11) is 0.308. The molecule has 0 saturated heterocycles. The molecule has 7 heteroatoms. The SMILES string of the molecule is CNc1nnc(C(C)S(C)(=O)=O)n1C. The van der Waals surface area contributed by atoms with Crippen molar-refractivity contribution in [3.63, 3.8) is 0 Å². The molecular weight excluding hydrogens is 204 g/mol. The lowest BCUT2D eigenvalue weighted by molar-refractivity contribution is 0.586. The van der Waals surface area contributed by atoms with Crippen LogP contribution in [0.2, 0.25) is 0 Å². The smallest absolute Gasteiger partial charge is 0.224 e. The van der Waals surface area contributed by atoms with Crippen LogP contribution in [0, 0.1) is 0 Å². The molecule has 0 fully saturated rings. The van der Waals surface area contributed by atoms with Crippen LogP contribution in [0.3, 0.4) is 0 Å². The fourth-order valence-electron chi connectivity index (χ4n) is 1.10. The van der Waals surface area contributed by atoms with Crippen LogP contribution in [-0.4, -0.2) is 36.5 Å². The molecule has 1 atom stereocenters. The molecule has 0 aliphatic carbocycles. The highest BCUT2D eigenvalue weighted by Gasteiger charge is 2.23. The van der Waals surface area contributed by atoms with Gasteiger partial charge >= 0.3 is 0 Å². The summed E-state index contributed by atoms with van der Waals surface area (Å²) >= 11 is 0. The van der Waals surface area contributed by atoms with Gasteiger partial charge in [-0.1, -0.05) is 0 Å². The second-order valence-electron chi connectivity index (χ2n) is 3.16. The standard InChI is InChI=1S/C7H14N4O2S/c1-5(14(4,12)13)6-9-10-7(8-2)11(6)3/h5H,1-4H3,(H,8,10). The van der Waals surface area contributed by atoms with Crippen LogP contribution in [0.25, 0.3) is 0 Å².